The zero-order valence-corrected chi connectivity index (χ0v) is 18.5. The summed E-state index contributed by atoms with van der Waals surface area (Å²) in [4.78, 5) is 37.3. The van der Waals surface area contributed by atoms with E-state index in [2.05, 4.69) is 25.4 Å². The van der Waals surface area contributed by atoms with E-state index in [1.807, 2.05) is 25.4 Å². The molecule has 3 aromatic rings. The van der Waals surface area contributed by atoms with Crippen LogP contribution in [0.2, 0.25) is 0 Å². The van der Waals surface area contributed by atoms with Gasteiger partial charge < -0.3 is 10.3 Å². The van der Waals surface area contributed by atoms with Crippen LogP contribution in [-0.2, 0) is 19.9 Å². The first-order valence-electron chi connectivity index (χ1n) is 10.4. The van der Waals surface area contributed by atoms with Gasteiger partial charge in [-0.05, 0) is 56.2 Å². The van der Waals surface area contributed by atoms with Gasteiger partial charge >= 0.3 is 0 Å². The number of pyridine rings is 1. The van der Waals surface area contributed by atoms with Gasteiger partial charge in [-0.1, -0.05) is 6.07 Å². The fraction of sp³-hybridized carbons (Fsp3) is 0.409. The maximum atomic E-state index is 13.3. The predicted octanol–water partition coefficient (Wildman–Crippen LogP) is 2.67. The van der Waals surface area contributed by atoms with Gasteiger partial charge in [0.2, 0.25) is 0 Å². The first kappa shape index (κ1) is 21.3. The topological polar surface area (TPSA) is 106 Å². The average Bonchev–Trinajstić information content (AvgIpc) is 3.12. The Morgan fingerprint density at radius 1 is 1.32 bits per heavy atom. The molecular weight excluding hydrogens is 412 g/mol. The highest BCUT2D eigenvalue weighted by Crippen LogP contribution is 2.25. The number of fused-ring (bicyclic) bond motifs is 1. The maximum Gasteiger partial charge on any atom is 0.270 e. The number of rotatable bonds is 7. The molecule has 0 saturated carbocycles. The summed E-state index contributed by atoms with van der Waals surface area (Å²) in [7, 11) is 1.81. The molecule has 0 spiro atoms. The summed E-state index contributed by atoms with van der Waals surface area (Å²) in [6.07, 6.45) is 8.28. The molecule has 0 bridgehead atoms. The molecule has 162 valence electrons. The fourth-order valence-corrected chi connectivity index (χ4v) is 4.47. The van der Waals surface area contributed by atoms with Crippen molar-refractivity contribution in [2.45, 2.75) is 38.1 Å². The minimum absolute atomic E-state index is 0.175. The van der Waals surface area contributed by atoms with Crippen molar-refractivity contribution in [1.29, 1.82) is 0 Å². The smallest absolute Gasteiger partial charge is 0.270 e. The van der Waals surface area contributed by atoms with Crippen molar-refractivity contribution < 1.29 is 4.79 Å². The molecule has 31 heavy (non-hydrogen) atoms. The molecule has 1 aliphatic carbocycles. The highest BCUT2D eigenvalue weighted by molar-refractivity contribution is 7.98. The second-order valence-corrected chi connectivity index (χ2v) is 8.63. The zero-order valence-electron chi connectivity index (χ0n) is 17.7. The van der Waals surface area contributed by atoms with Gasteiger partial charge in [0.25, 0.3) is 11.5 Å². The highest BCUT2D eigenvalue weighted by atomic mass is 32.2. The lowest BCUT2D eigenvalue weighted by Crippen LogP contribution is -2.32. The normalized spacial score (nSPS) is 14.1. The average molecular weight is 439 g/mol. The Kier molecular flexibility index (Phi) is 6.50. The number of carbonyl (C=O) groups excluding carboxylic acids is 1. The number of nitrogens with zero attached hydrogens (tertiary/aromatic N) is 4. The summed E-state index contributed by atoms with van der Waals surface area (Å²) < 4.78 is 1.68. The summed E-state index contributed by atoms with van der Waals surface area (Å²) in [6.45, 7) is 0. The molecule has 0 aromatic carbocycles. The second-order valence-electron chi connectivity index (χ2n) is 7.65. The van der Waals surface area contributed by atoms with Crippen LogP contribution in [-0.4, -0.2) is 42.6 Å². The Labute approximate surface area is 184 Å². The van der Waals surface area contributed by atoms with Crippen molar-refractivity contribution in [3.05, 3.63) is 63.5 Å². The van der Waals surface area contributed by atoms with Gasteiger partial charge in [0, 0.05) is 24.9 Å². The fourth-order valence-electron chi connectivity index (χ4n) is 4.00. The first-order chi connectivity index (χ1) is 15.1. The van der Waals surface area contributed by atoms with Crippen LogP contribution in [0.4, 0.5) is 0 Å². The molecule has 9 heteroatoms. The predicted molar refractivity (Wildman–Crippen MR) is 121 cm³/mol. The van der Waals surface area contributed by atoms with E-state index in [-0.39, 0.29) is 17.5 Å². The number of thioether (sulfide) groups is 1. The van der Waals surface area contributed by atoms with Crippen molar-refractivity contribution in [2.24, 2.45) is 7.05 Å². The number of hydrogen-bond donors (Lipinski definition) is 2. The molecular formula is C22H26N6O2S. The van der Waals surface area contributed by atoms with E-state index in [1.54, 1.807) is 28.7 Å². The van der Waals surface area contributed by atoms with Crippen LogP contribution in [0.3, 0.4) is 0 Å². The molecule has 1 atom stereocenters. The molecule has 3 aromatic heterocycles. The molecule has 3 heterocycles. The van der Waals surface area contributed by atoms with Gasteiger partial charge in [-0.25, -0.2) is 4.98 Å². The summed E-state index contributed by atoms with van der Waals surface area (Å²) in [5.74, 6) is 1.04. The van der Waals surface area contributed by atoms with Crippen LogP contribution >= 0.6 is 11.8 Å². The van der Waals surface area contributed by atoms with Crippen molar-refractivity contribution in [2.75, 3.05) is 12.0 Å². The Hall–Kier alpha value is -2.94. The number of H-pyrrole nitrogens is 1. The van der Waals surface area contributed by atoms with Gasteiger partial charge in [-0.15, -0.1) is 0 Å². The number of amides is 1. The lowest BCUT2D eigenvalue weighted by atomic mass is 9.95. The van der Waals surface area contributed by atoms with E-state index < -0.39 is 0 Å². The molecule has 4 rings (SSSR count). The van der Waals surface area contributed by atoms with Gasteiger partial charge in [-0.3, -0.25) is 19.3 Å². The molecule has 1 amide bonds. The minimum Gasteiger partial charge on any atom is -0.342 e. The van der Waals surface area contributed by atoms with E-state index in [0.29, 0.717) is 29.3 Å². The van der Waals surface area contributed by atoms with E-state index in [1.165, 1.54) is 6.07 Å². The number of nitrogens with one attached hydrogen (secondary N) is 2. The van der Waals surface area contributed by atoms with E-state index in [9.17, 15) is 9.59 Å². The number of aryl methyl sites for hydroxylation is 2. The Morgan fingerprint density at radius 2 is 2.16 bits per heavy atom. The van der Waals surface area contributed by atoms with Gasteiger partial charge in [0.1, 0.15) is 11.4 Å². The third-order valence-electron chi connectivity index (χ3n) is 5.48. The van der Waals surface area contributed by atoms with Gasteiger partial charge in [0.15, 0.2) is 5.82 Å². The van der Waals surface area contributed by atoms with E-state index in [0.717, 1.165) is 42.7 Å². The van der Waals surface area contributed by atoms with Crippen LogP contribution in [0.1, 0.15) is 52.7 Å². The van der Waals surface area contributed by atoms with Crippen LogP contribution in [0.5, 0.6) is 0 Å². The molecule has 1 aliphatic rings. The molecule has 8 nitrogen and oxygen atoms in total. The Morgan fingerprint density at radius 3 is 2.94 bits per heavy atom. The molecule has 1 unspecified atom stereocenters. The summed E-state index contributed by atoms with van der Waals surface area (Å²) in [6, 6.07) is 6.50. The molecule has 0 fully saturated rings. The lowest BCUT2D eigenvalue weighted by Gasteiger charge is -2.19. The number of carbonyl (C=O) groups is 1. The van der Waals surface area contributed by atoms with Crippen LogP contribution in [0.15, 0.2) is 35.3 Å². The quantitative estimate of drug-likeness (QED) is 0.588. The Bertz CT molecular complexity index is 1120. The summed E-state index contributed by atoms with van der Waals surface area (Å²) in [5.41, 5.74) is 3.51. The van der Waals surface area contributed by atoms with Crippen molar-refractivity contribution in [1.82, 2.24) is 30.0 Å². The highest BCUT2D eigenvalue weighted by Gasteiger charge is 2.26. The largest absolute Gasteiger partial charge is 0.342 e. The summed E-state index contributed by atoms with van der Waals surface area (Å²) in [5, 5.41) is 7.67. The SMILES string of the molecule is CSCCC(NC(=O)c1c2c(nn1C)CCCC2)c1cc(=O)[nH]c(-c2ccccn2)n1. The number of aromatic amines is 1. The van der Waals surface area contributed by atoms with Gasteiger partial charge in [-0.2, -0.15) is 16.9 Å². The number of hydrogen-bond acceptors (Lipinski definition) is 6. The monoisotopic (exact) mass is 438 g/mol. The Balaban J connectivity index is 1.66. The third kappa shape index (κ3) is 4.71. The van der Waals surface area contributed by atoms with E-state index >= 15 is 0 Å². The van der Waals surface area contributed by atoms with Crippen molar-refractivity contribution in [3.8, 4) is 11.5 Å². The standard InChI is InChI=1S/C22H26N6O2S/c1-28-20(14-7-3-4-8-15(14)27-28)22(30)25-16(10-12-31-2)18-13-19(29)26-21(24-18)17-9-5-6-11-23-17/h5-6,9,11,13,16H,3-4,7-8,10,12H2,1-2H3,(H,25,30)(H,24,26,29). The second kappa shape index (κ2) is 9.47. The summed E-state index contributed by atoms with van der Waals surface area (Å²) >= 11 is 1.69. The maximum absolute atomic E-state index is 13.3. The van der Waals surface area contributed by atoms with Crippen LogP contribution in [0, 0.1) is 0 Å². The third-order valence-corrected chi connectivity index (χ3v) is 6.12. The molecule has 0 aliphatic heterocycles. The van der Waals surface area contributed by atoms with Crippen molar-refractivity contribution >= 4 is 17.7 Å². The lowest BCUT2D eigenvalue weighted by molar-refractivity contribution is 0.0924. The number of aromatic nitrogens is 5. The molecule has 0 radical (unpaired) electrons. The molecule has 0 saturated heterocycles. The van der Waals surface area contributed by atoms with Crippen LogP contribution < -0.4 is 10.9 Å². The van der Waals surface area contributed by atoms with Crippen LogP contribution in [0.25, 0.3) is 11.5 Å². The zero-order chi connectivity index (χ0) is 21.8. The molecule has 2 N–H and O–H groups in total. The van der Waals surface area contributed by atoms with Crippen molar-refractivity contribution in [3.63, 3.8) is 0 Å². The first-order valence-corrected chi connectivity index (χ1v) is 11.8. The minimum atomic E-state index is -0.390. The van der Waals surface area contributed by atoms with E-state index in [4.69, 9.17) is 0 Å². The van der Waals surface area contributed by atoms with Gasteiger partial charge in [0.05, 0.1) is 17.4 Å².